The fraction of sp³-hybridized carbons (Fsp3) is 0.429. The summed E-state index contributed by atoms with van der Waals surface area (Å²) in [4.78, 5) is 50.4. The zero-order chi connectivity index (χ0) is 27.8. The second kappa shape index (κ2) is 10.2. The van der Waals surface area contributed by atoms with Crippen molar-refractivity contribution >= 4 is 23.6 Å². The van der Waals surface area contributed by atoms with E-state index in [0.717, 1.165) is 0 Å². The summed E-state index contributed by atoms with van der Waals surface area (Å²) in [7, 11) is 0. The van der Waals surface area contributed by atoms with Crippen LogP contribution in [-0.2, 0) is 33.4 Å². The Kier molecular flexibility index (Phi) is 7.27. The molecular weight excluding hydrogens is 496 g/mol. The number of rotatable bonds is 7. The van der Waals surface area contributed by atoms with Crippen molar-refractivity contribution in [1.82, 2.24) is 15.5 Å². The van der Waals surface area contributed by atoms with Crippen LogP contribution in [0.3, 0.4) is 0 Å². The second-order valence-corrected chi connectivity index (χ2v) is 10.8. The number of ether oxygens (including phenoxy) is 1. The summed E-state index contributed by atoms with van der Waals surface area (Å²) >= 11 is 0. The number of carbonyl (C=O) groups excluding carboxylic acids is 4. The molecule has 2 N–H and O–H groups in total. The molecule has 4 rings (SSSR count). The Morgan fingerprint density at radius 2 is 1.89 bits per heavy atom. The van der Waals surface area contributed by atoms with Gasteiger partial charge in [-0.15, -0.1) is 0 Å². The Balaban J connectivity index is 1.41. The molecule has 2 unspecified atom stereocenters. The maximum Gasteiger partial charge on any atom is 0.349 e. The quantitative estimate of drug-likeness (QED) is 0.535. The van der Waals surface area contributed by atoms with E-state index in [4.69, 9.17) is 4.74 Å². The van der Waals surface area contributed by atoms with E-state index in [1.165, 1.54) is 23.1 Å². The van der Waals surface area contributed by atoms with Crippen LogP contribution in [0.5, 0.6) is 5.75 Å². The van der Waals surface area contributed by atoms with E-state index in [0.29, 0.717) is 16.7 Å². The fourth-order valence-electron chi connectivity index (χ4n) is 4.31. The van der Waals surface area contributed by atoms with Crippen molar-refractivity contribution in [3.8, 4) is 5.75 Å². The van der Waals surface area contributed by atoms with E-state index < -0.39 is 29.3 Å². The van der Waals surface area contributed by atoms with E-state index in [2.05, 4.69) is 10.6 Å². The second-order valence-electron chi connectivity index (χ2n) is 10.8. The number of benzene rings is 2. The van der Waals surface area contributed by atoms with Gasteiger partial charge in [-0.25, -0.2) is 0 Å². The maximum atomic E-state index is 15.0. The van der Waals surface area contributed by atoms with Gasteiger partial charge < -0.3 is 15.0 Å². The predicted molar refractivity (Wildman–Crippen MR) is 134 cm³/mol. The summed E-state index contributed by atoms with van der Waals surface area (Å²) in [6, 6.07) is 9.38. The largest absolute Gasteiger partial charge is 0.490 e. The summed E-state index contributed by atoms with van der Waals surface area (Å²) in [6.07, 6.45) is 0.147. The number of alkyl halides is 2. The van der Waals surface area contributed by atoms with Gasteiger partial charge >= 0.3 is 5.92 Å². The third-order valence-corrected chi connectivity index (χ3v) is 7.06. The van der Waals surface area contributed by atoms with Crippen LogP contribution < -0.4 is 15.4 Å². The normalized spacial score (nSPS) is 18.6. The molecule has 0 bridgehead atoms. The van der Waals surface area contributed by atoms with E-state index in [1.807, 2.05) is 27.7 Å². The highest BCUT2D eigenvalue weighted by atomic mass is 19.3. The maximum absolute atomic E-state index is 15.0. The lowest BCUT2D eigenvalue weighted by atomic mass is 9.90. The van der Waals surface area contributed by atoms with Crippen molar-refractivity contribution in [1.29, 1.82) is 0 Å². The van der Waals surface area contributed by atoms with Crippen LogP contribution in [-0.4, -0.2) is 40.7 Å². The first kappa shape index (κ1) is 27.2. The Bertz CT molecular complexity index is 1290. The van der Waals surface area contributed by atoms with Gasteiger partial charge in [-0.1, -0.05) is 45.0 Å². The van der Waals surface area contributed by atoms with E-state index in [-0.39, 0.29) is 55.0 Å². The van der Waals surface area contributed by atoms with Gasteiger partial charge in [-0.3, -0.25) is 24.5 Å². The topological polar surface area (TPSA) is 105 Å². The SMILES string of the molecule is CC(Oc1cccc(C(F)(F)C(=O)NCc2ccc3c(c2)CN(C2CCC(=O)NC2=O)C3=O)c1)C(C)(C)C. The van der Waals surface area contributed by atoms with E-state index in [1.54, 1.807) is 24.3 Å². The molecule has 0 spiro atoms. The van der Waals surface area contributed by atoms with Crippen molar-refractivity contribution in [2.24, 2.45) is 5.41 Å². The fourth-order valence-corrected chi connectivity index (χ4v) is 4.31. The number of fused-ring (bicyclic) bond motifs is 1. The Morgan fingerprint density at radius 1 is 1.16 bits per heavy atom. The minimum absolute atomic E-state index is 0.146. The van der Waals surface area contributed by atoms with Crippen LogP contribution in [0.25, 0.3) is 0 Å². The molecule has 38 heavy (non-hydrogen) atoms. The lowest BCUT2D eigenvalue weighted by molar-refractivity contribution is -0.147. The molecule has 2 atom stereocenters. The summed E-state index contributed by atoms with van der Waals surface area (Å²) in [5.41, 5.74) is 0.873. The van der Waals surface area contributed by atoms with Crippen molar-refractivity contribution < 1.29 is 32.7 Å². The average molecular weight is 528 g/mol. The molecule has 1 saturated heterocycles. The summed E-state index contributed by atoms with van der Waals surface area (Å²) in [5, 5.41) is 4.53. The van der Waals surface area contributed by atoms with Crippen molar-refractivity contribution in [2.45, 2.75) is 71.7 Å². The van der Waals surface area contributed by atoms with Crippen molar-refractivity contribution in [3.05, 3.63) is 64.7 Å². The van der Waals surface area contributed by atoms with Gasteiger partial charge in [0.25, 0.3) is 11.8 Å². The number of carbonyl (C=O) groups is 4. The molecule has 0 radical (unpaired) electrons. The first-order chi connectivity index (χ1) is 17.8. The van der Waals surface area contributed by atoms with E-state index >= 15 is 8.78 Å². The highest BCUT2D eigenvalue weighted by Crippen LogP contribution is 2.33. The Hall–Kier alpha value is -3.82. The molecule has 4 amide bonds. The van der Waals surface area contributed by atoms with Gasteiger partial charge in [0, 0.05) is 30.6 Å². The zero-order valence-electron chi connectivity index (χ0n) is 21.8. The third-order valence-electron chi connectivity index (χ3n) is 7.06. The van der Waals surface area contributed by atoms with Gasteiger partial charge in [0.15, 0.2) is 0 Å². The number of nitrogens with one attached hydrogen (secondary N) is 2. The molecule has 10 heteroatoms. The molecule has 2 heterocycles. The minimum atomic E-state index is -3.79. The van der Waals surface area contributed by atoms with Crippen LogP contribution in [0.2, 0.25) is 0 Å². The summed E-state index contributed by atoms with van der Waals surface area (Å²) in [6.45, 7) is 7.76. The Morgan fingerprint density at radius 3 is 2.58 bits per heavy atom. The summed E-state index contributed by atoms with van der Waals surface area (Å²) in [5.74, 6) is -6.22. The van der Waals surface area contributed by atoms with Gasteiger partial charge in [0.2, 0.25) is 11.8 Å². The molecule has 1 fully saturated rings. The number of nitrogens with zero attached hydrogens (tertiary/aromatic N) is 1. The van der Waals surface area contributed by atoms with Crippen LogP contribution in [0, 0.1) is 5.41 Å². The van der Waals surface area contributed by atoms with Crippen LogP contribution in [0.1, 0.15) is 67.6 Å². The number of piperidine rings is 1. The summed E-state index contributed by atoms with van der Waals surface area (Å²) < 4.78 is 35.8. The van der Waals surface area contributed by atoms with Crippen LogP contribution in [0.15, 0.2) is 42.5 Å². The van der Waals surface area contributed by atoms with Crippen molar-refractivity contribution in [2.75, 3.05) is 0 Å². The first-order valence-electron chi connectivity index (χ1n) is 12.5. The van der Waals surface area contributed by atoms with Crippen LogP contribution >= 0.6 is 0 Å². The number of halogens is 2. The van der Waals surface area contributed by atoms with Gasteiger partial charge in [-0.2, -0.15) is 8.78 Å². The van der Waals surface area contributed by atoms with E-state index in [9.17, 15) is 19.2 Å². The lowest BCUT2D eigenvalue weighted by Crippen LogP contribution is -2.52. The molecule has 2 aromatic rings. The molecule has 2 aliphatic heterocycles. The van der Waals surface area contributed by atoms with Gasteiger partial charge in [0.1, 0.15) is 17.9 Å². The molecule has 0 aromatic heterocycles. The third kappa shape index (κ3) is 5.54. The predicted octanol–water partition coefficient (Wildman–Crippen LogP) is 3.67. The highest BCUT2D eigenvalue weighted by molar-refractivity contribution is 6.05. The smallest absolute Gasteiger partial charge is 0.349 e. The van der Waals surface area contributed by atoms with Gasteiger partial charge in [0.05, 0.1) is 0 Å². The lowest BCUT2D eigenvalue weighted by Gasteiger charge is -2.29. The van der Waals surface area contributed by atoms with Gasteiger partial charge in [-0.05, 0) is 48.1 Å². The monoisotopic (exact) mass is 527 g/mol. The Labute approximate surface area is 219 Å². The zero-order valence-corrected chi connectivity index (χ0v) is 21.8. The molecular formula is C28H31F2N3O5. The molecule has 0 aliphatic carbocycles. The number of imide groups is 1. The molecule has 8 nitrogen and oxygen atoms in total. The molecule has 2 aliphatic rings. The van der Waals surface area contributed by atoms with Crippen molar-refractivity contribution in [3.63, 3.8) is 0 Å². The number of hydrogen-bond donors (Lipinski definition) is 2. The molecule has 202 valence electrons. The average Bonchev–Trinajstić information content (AvgIpc) is 3.17. The van der Waals surface area contributed by atoms with Crippen LogP contribution in [0.4, 0.5) is 8.78 Å². The highest BCUT2D eigenvalue weighted by Gasteiger charge is 2.42. The first-order valence-corrected chi connectivity index (χ1v) is 12.5. The molecule has 2 aromatic carbocycles. The molecule has 0 saturated carbocycles. The minimum Gasteiger partial charge on any atom is -0.490 e. The number of amides is 4. The number of hydrogen-bond acceptors (Lipinski definition) is 5. The standard InChI is InChI=1S/C28H31F2N3O5/c1-16(27(2,3)4)38-20-7-5-6-19(13-20)28(29,30)26(37)31-14-17-8-9-21-18(12-17)15-33(25(21)36)22-10-11-23(34)32-24(22)35/h5-9,12-13,16,22H,10-11,14-15H2,1-4H3,(H,31,37)(H,32,34,35).